The highest BCUT2D eigenvalue weighted by molar-refractivity contribution is 7.89. The molecule has 7 nitrogen and oxygen atoms in total. The predicted octanol–water partition coefficient (Wildman–Crippen LogP) is 3.57. The minimum atomic E-state index is -3.70. The van der Waals surface area contributed by atoms with Gasteiger partial charge in [-0.2, -0.15) is 5.26 Å². The van der Waals surface area contributed by atoms with Gasteiger partial charge in [0, 0.05) is 43.3 Å². The highest BCUT2D eigenvalue weighted by Crippen LogP contribution is 2.33. The molecule has 0 amide bonds. The third-order valence-corrected chi connectivity index (χ3v) is 8.16. The number of ether oxygens (including phenoxy) is 1. The molecule has 2 N–H and O–H groups in total. The second-order valence-electron chi connectivity index (χ2n) is 9.46. The molecule has 1 saturated heterocycles. The molecular weight excluding hydrogens is 460 g/mol. The van der Waals surface area contributed by atoms with E-state index < -0.39 is 10.0 Å². The Morgan fingerprint density at radius 2 is 2.00 bits per heavy atom. The van der Waals surface area contributed by atoms with E-state index in [2.05, 4.69) is 47.1 Å². The number of nitrogens with two attached hydrogens (primary N) is 1. The Morgan fingerprint density at radius 1 is 1.14 bits per heavy atom. The first-order chi connectivity index (χ1) is 16.8. The van der Waals surface area contributed by atoms with Crippen LogP contribution in [0.4, 0.5) is 5.69 Å². The van der Waals surface area contributed by atoms with Gasteiger partial charge in [0.05, 0.1) is 29.2 Å². The smallest absolute Gasteiger partial charge is 0.238 e. The fourth-order valence-corrected chi connectivity index (χ4v) is 5.93. The lowest BCUT2D eigenvalue weighted by Crippen LogP contribution is -2.52. The number of nitriles is 1. The van der Waals surface area contributed by atoms with Gasteiger partial charge in [0.1, 0.15) is 0 Å². The van der Waals surface area contributed by atoms with Gasteiger partial charge in [-0.25, -0.2) is 13.6 Å². The molecule has 182 valence electrons. The molecule has 3 aromatic carbocycles. The zero-order valence-electron chi connectivity index (χ0n) is 19.9. The van der Waals surface area contributed by atoms with E-state index in [0.717, 1.165) is 49.1 Å². The average Bonchev–Trinajstić information content (AvgIpc) is 2.86. The molecule has 3 aromatic rings. The third-order valence-electron chi connectivity index (χ3n) is 7.25. The number of primary sulfonamides is 1. The van der Waals surface area contributed by atoms with E-state index in [1.807, 2.05) is 18.2 Å². The summed E-state index contributed by atoms with van der Waals surface area (Å²) in [4.78, 5) is 5.11. The second-order valence-corrected chi connectivity index (χ2v) is 11.0. The van der Waals surface area contributed by atoms with Crippen LogP contribution in [-0.2, 0) is 21.2 Å². The first kappa shape index (κ1) is 23.8. The molecule has 2 atom stereocenters. The Morgan fingerprint density at radius 3 is 2.77 bits per heavy atom. The molecule has 5 rings (SSSR count). The molecule has 0 aromatic heterocycles. The van der Waals surface area contributed by atoms with Crippen molar-refractivity contribution in [1.82, 2.24) is 4.90 Å². The number of piperazine rings is 1. The summed E-state index contributed by atoms with van der Waals surface area (Å²) >= 11 is 0. The van der Waals surface area contributed by atoms with Gasteiger partial charge >= 0.3 is 0 Å². The summed E-state index contributed by atoms with van der Waals surface area (Å²) < 4.78 is 29.5. The van der Waals surface area contributed by atoms with Crippen LogP contribution in [0.15, 0.2) is 59.5 Å². The van der Waals surface area contributed by atoms with Gasteiger partial charge in [0.15, 0.2) is 0 Å². The summed E-state index contributed by atoms with van der Waals surface area (Å²) in [6.07, 6.45) is 1.52. The third kappa shape index (κ3) is 4.91. The van der Waals surface area contributed by atoms with Gasteiger partial charge in [-0.15, -0.1) is 0 Å². The molecule has 2 heterocycles. The van der Waals surface area contributed by atoms with Crippen LogP contribution in [-0.4, -0.2) is 52.1 Å². The quantitative estimate of drug-likeness (QED) is 0.587. The van der Waals surface area contributed by atoms with Gasteiger partial charge in [-0.1, -0.05) is 24.3 Å². The van der Waals surface area contributed by atoms with Crippen LogP contribution in [0.5, 0.6) is 0 Å². The molecule has 0 radical (unpaired) electrons. The van der Waals surface area contributed by atoms with Gasteiger partial charge in [0.2, 0.25) is 10.0 Å². The summed E-state index contributed by atoms with van der Waals surface area (Å²) in [5, 5.41) is 16.8. The first-order valence-electron chi connectivity index (χ1n) is 12.0. The molecular formula is C27H30N4O3S. The van der Waals surface area contributed by atoms with E-state index in [-0.39, 0.29) is 11.0 Å². The number of hydrogen-bond donors (Lipinski definition) is 1. The fourth-order valence-electron chi connectivity index (χ4n) is 5.37. The van der Waals surface area contributed by atoms with Crippen molar-refractivity contribution >= 4 is 26.5 Å². The summed E-state index contributed by atoms with van der Waals surface area (Å²) in [5.41, 5.74) is 3.98. The average molecular weight is 491 g/mol. The molecule has 1 fully saturated rings. The van der Waals surface area contributed by atoms with E-state index in [1.54, 1.807) is 12.1 Å². The van der Waals surface area contributed by atoms with Crippen LogP contribution in [0.2, 0.25) is 0 Å². The molecule has 0 saturated carbocycles. The highest BCUT2D eigenvalue weighted by atomic mass is 32.2. The van der Waals surface area contributed by atoms with E-state index in [1.165, 1.54) is 11.1 Å². The topological polar surface area (TPSA) is 99.7 Å². The maximum absolute atomic E-state index is 11.7. The summed E-state index contributed by atoms with van der Waals surface area (Å²) in [6.45, 7) is 6.58. The van der Waals surface area contributed by atoms with Crippen molar-refractivity contribution < 1.29 is 13.2 Å². The summed E-state index contributed by atoms with van der Waals surface area (Å²) in [5.74, 6) is 0. The highest BCUT2D eigenvalue weighted by Gasteiger charge is 2.28. The Bertz CT molecular complexity index is 1400. The number of fused-ring (bicyclic) bond motifs is 2. The van der Waals surface area contributed by atoms with E-state index in [0.29, 0.717) is 24.6 Å². The van der Waals surface area contributed by atoms with Crippen LogP contribution in [0.1, 0.15) is 36.1 Å². The number of anilines is 1. The van der Waals surface area contributed by atoms with Gasteiger partial charge in [-0.05, 0) is 66.6 Å². The van der Waals surface area contributed by atoms with Crippen LogP contribution >= 0.6 is 0 Å². The lowest BCUT2D eigenvalue weighted by Gasteiger charge is -2.42. The zero-order valence-corrected chi connectivity index (χ0v) is 20.7. The standard InChI is InChI=1S/C27H30N4O3S/c1-19-18-31(26-4-2-3-21-15-20(17-28)5-7-24(21)26)13-12-30(19)11-9-27-25-8-6-23(35(29,32)33)16-22(25)10-14-34-27/h2-8,15-16,19,27H,9-14,18H2,1H3,(H2,29,32,33)/t19-,27+/m1/s1. The lowest BCUT2D eigenvalue weighted by atomic mass is 9.95. The minimum absolute atomic E-state index is 0.0362. The molecule has 8 heteroatoms. The van der Waals surface area contributed by atoms with Crippen molar-refractivity contribution in [2.45, 2.75) is 36.8 Å². The molecule has 0 spiro atoms. The van der Waals surface area contributed by atoms with Crippen LogP contribution in [0, 0.1) is 11.3 Å². The normalized spacial score (nSPS) is 21.0. The Balaban J connectivity index is 1.25. The monoisotopic (exact) mass is 490 g/mol. The number of benzene rings is 3. The van der Waals surface area contributed by atoms with Gasteiger partial charge in [0.25, 0.3) is 0 Å². The van der Waals surface area contributed by atoms with Gasteiger partial charge < -0.3 is 9.64 Å². The predicted molar refractivity (Wildman–Crippen MR) is 137 cm³/mol. The van der Waals surface area contributed by atoms with Crippen molar-refractivity contribution in [3.8, 4) is 6.07 Å². The summed E-state index contributed by atoms with van der Waals surface area (Å²) in [6, 6.07) is 19.9. The molecule has 2 aliphatic heterocycles. The van der Waals surface area contributed by atoms with E-state index in [9.17, 15) is 13.7 Å². The molecule has 2 aliphatic rings. The second kappa shape index (κ2) is 9.59. The number of sulfonamides is 1. The zero-order chi connectivity index (χ0) is 24.6. The van der Waals surface area contributed by atoms with Crippen LogP contribution < -0.4 is 10.0 Å². The maximum Gasteiger partial charge on any atom is 0.238 e. The molecule has 0 aliphatic carbocycles. The molecule has 35 heavy (non-hydrogen) atoms. The van der Waals surface area contributed by atoms with Crippen molar-refractivity contribution in [3.05, 3.63) is 71.3 Å². The van der Waals surface area contributed by atoms with Crippen molar-refractivity contribution in [1.29, 1.82) is 5.26 Å². The number of rotatable bonds is 5. The minimum Gasteiger partial charge on any atom is -0.373 e. The van der Waals surface area contributed by atoms with Crippen LogP contribution in [0.25, 0.3) is 10.8 Å². The van der Waals surface area contributed by atoms with Gasteiger partial charge in [-0.3, -0.25) is 4.90 Å². The van der Waals surface area contributed by atoms with Crippen molar-refractivity contribution in [2.75, 3.05) is 37.7 Å². The molecule has 0 unspecified atom stereocenters. The Labute approximate surface area is 206 Å². The first-order valence-corrected chi connectivity index (χ1v) is 13.6. The molecule has 0 bridgehead atoms. The van der Waals surface area contributed by atoms with Crippen molar-refractivity contribution in [3.63, 3.8) is 0 Å². The lowest BCUT2D eigenvalue weighted by molar-refractivity contribution is 0.0254. The largest absolute Gasteiger partial charge is 0.373 e. The van der Waals surface area contributed by atoms with Crippen LogP contribution in [0.3, 0.4) is 0 Å². The van der Waals surface area contributed by atoms with E-state index >= 15 is 0 Å². The van der Waals surface area contributed by atoms with Crippen molar-refractivity contribution in [2.24, 2.45) is 5.14 Å². The SMILES string of the molecule is C[C@@H]1CN(c2cccc3cc(C#N)ccc23)CCN1CC[C@@H]1OCCc2cc(S(N)(=O)=O)ccc21. The Kier molecular flexibility index (Phi) is 6.51. The number of hydrogen-bond acceptors (Lipinski definition) is 6. The Hall–Kier alpha value is -2.96. The van der Waals surface area contributed by atoms with E-state index in [4.69, 9.17) is 9.88 Å². The number of nitrogens with zero attached hydrogens (tertiary/aromatic N) is 3. The maximum atomic E-state index is 11.7. The fraction of sp³-hybridized carbons (Fsp3) is 0.370. The summed E-state index contributed by atoms with van der Waals surface area (Å²) in [7, 11) is -3.70.